The number of nitrogens with zero attached hydrogens (tertiary/aromatic N) is 3. The summed E-state index contributed by atoms with van der Waals surface area (Å²) in [6, 6.07) is 17.9. The molecule has 0 bridgehead atoms. The van der Waals surface area contributed by atoms with Gasteiger partial charge in [0.15, 0.2) is 5.82 Å². The van der Waals surface area contributed by atoms with Crippen molar-refractivity contribution in [1.82, 2.24) is 14.8 Å². The Kier molecular flexibility index (Phi) is 4.74. The average molecular weight is 447 g/mol. The molecule has 1 N–H and O–H groups in total. The smallest absolute Gasteiger partial charge is 0.275 e. The SMILES string of the molecule is Cc1ccc(-n2[nH]c3c(c2=O)CCN(S(=O)(=O)c2ccc(C)cc2)c2ncccc2-3)cc1. The van der Waals surface area contributed by atoms with Crippen LogP contribution in [0.15, 0.2) is 76.6 Å². The first-order chi connectivity index (χ1) is 15.4. The zero-order chi connectivity index (χ0) is 22.5. The minimum absolute atomic E-state index is 0.119. The maximum absolute atomic E-state index is 13.5. The summed E-state index contributed by atoms with van der Waals surface area (Å²) in [7, 11) is -3.84. The van der Waals surface area contributed by atoms with Crippen LogP contribution < -0.4 is 9.86 Å². The Morgan fingerprint density at radius 3 is 2.28 bits per heavy atom. The van der Waals surface area contributed by atoms with Crippen LogP contribution in [0.4, 0.5) is 5.82 Å². The maximum Gasteiger partial charge on any atom is 0.275 e. The number of aromatic amines is 1. The van der Waals surface area contributed by atoms with Gasteiger partial charge in [0.1, 0.15) is 0 Å². The predicted molar refractivity (Wildman–Crippen MR) is 124 cm³/mol. The Morgan fingerprint density at radius 2 is 1.59 bits per heavy atom. The van der Waals surface area contributed by atoms with Crippen molar-refractivity contribution in [2.75, 3.05) is 10.8 Å². The van der Waals surface area contributed by atoms with Crippen LogP contribution in [0.3, 0.4) is 0 Å². The number of fused-ring (bicyclic) bond motifs is 3. The number of H-pyrrole nitrogens is 1. The molecule has 162 valence electrons. The molecule has 5 rings (SSSR count). The number of rotatable bonds is 3. The van der Waals surface area contributed by atoms with Gasteiger partial charge in [-0.2, -0.15) is 0 Å². The molecule has 4 aromatic rings. The molecule has 0 aliphatic carbocycles. The number of anilines is 1. The van der Waals surface area contributed by atoms with Crippen molar-refractivity contribution in [1.29, 1.82) is 0 Å². The zero-order valence-electron chi connectivity index (χ0n) is 17.7. The number of hydrogen-bond donors (Lipinski definition) is 1. The molecule has 1 aliphatic rings. The molecule has 0 saturated heterocycles. The second-order valence-corrected chi connectivity index (χ2v) is 9.82. The van der Waals surface area contributed by atoms with Crippen LogP contribution in [-0.2, 0) is 16.4 Å². The third-order valence-electron chi connectivity index (χ3n) is 5.74. The molecule has 0 atom stereocenters. The lowest BCUT2D eigenvalue weighted by atomic mass is 10.1. The molecule has 0 radical (unpaired) electrons. The number of aromatic nitrogens is 3. The molecule has 2 aromatic carbocycles. The van der Waals surface area contributed by atoms with Gasteiger partial charge in [-0.05, 0) is 56.7 Å². The maximum atomic E-state index is 13.5. The van der Waals surface area contributed by atoms with Gasteiger partial charge in [-0.25, -0.2) is 22.4 Å². The van der Waals surface area contributed by atoms with Gasteiger partial charge in [-0.15, -0.1) is 0 Å². The molecule has 32 heavy (non-hydrogen) atoms. The minimum Gasteiger partial charge on any atom is -0.290 e. The van der Waals surface area contributed by atoms with E-state index in [-0.39, 0.29) is 23.4 Å². The highest BCUT2D eigenvalue weighted by atomic mass is 32.2. The summed E-state index contributed by atoms with van der Waals surface area (Å²) in [4.78, 5) is 17.9. The highest BCUT2D eigenvalue weighted by Gasteiger charge is 2.33. The topological polar surface area (TPSA) is 88.1 Å². The normalized spacial score (nSPS) is 13.4. The molecule has 7 nitrogen and oxygen atoms in total. The monoisotopic (exact) mass is 446 g/mol. The Bertz CT molecular complexity index is 1470. The van der Waals surface area contributed by atoms with Crippen molar-refractivity contribution in [3.8, 4) is 16.9 Å². The van der Waals surface area contributed by atoms with E-state index >= 15 is 0 Å². The summed E-state index contributed by atoms with van der Waals surface area (Å²) in [5, 5.41) is 3.20. The van der Waals surface area contributed by atoms with Gasteiger partial charge in [-0.1, -0.05) is 35.4 Å². The van der Waals surface area contributed by atoms with Gasteiger partial charge in [0.05, 0.1) is 16.3 Å². The number of hydrogen-bond acceptors (Lipinski definition) is 4. The molecule has 1 aliphatic heterocycles. The van der Waals surface area contributed by atoms with Crippen molar-refractivity contribution in [3.05, 3.63) is 93.9 Å². The molecule has 8 heteroatoms. The van der Waals surface area contributed by atoms with Gasteiger partial charge >= 0.3 is 0 Å². The summed E-state index contributed by atoms with van der Waals surface area (Å²) in [5.74, 6) is 0.309. The summed E-state index contributed by atoms with van der Waals surface area (Å²) in [6.45, 7) is 4.01. The minimum atomic E-state index is -3.84. The largest absolute Gasteiger partial charge is 0.290 e. The summed E-state index contributed by atoms with van der Waals surface area (Å²) in [5.41, 5.74) is 4.34. The van der Waals surface area contributed by atoms with E-state index in [4.69, 9.17) is 0 Å². The highest BCUT2D eigenvalue weighted by Crippen LogP contribution is 2.35. The van der Waals surface area contributed by atoms with Crippen LogP contribution in [0.25, 0.3) is 16.9 Å². The van der Waals surface area contributed by atoms with E-state index < -0.39 is 10.0 Å². The molecule has 2 aromatic heterocycles. The Labute approximate surface area is 186 Å². The Hall–Kier alpha value is -3.65. The first-order valence-corrected chi connectivity index (χ1v) is 11.8. The van der Waals surface area contributed by atoms with Crippen LogP contribution in [0.2, 0.25) is 0 Å². The van der Waals surface area contributed by atoms with Crippen LogP contribution in [0.1, 0.15) is 16.7 Å². The van der Waals surface area contributed by atoms with E-state index in [1.54, 1.807) is 42.6 Å². The fourth-order valence-corrected chi connectivity index (χ4v) is 5.42. The van der Waals surface area contributed by atoms with Crippen molar-refractivity contribution < 1.29 is 8.42 Å². The fourth-order valence-electron chi connectivity index (χ4n) is 3.98. The summed E-state index contributed by atoms with van der Waals surface area (Å²) in [6.07, 6.45) is 1.83. The van der Waals surface area contributed by atoms with Crippen LogP contribution in [0.5, 0.6) is 0 Å². The predicted octanol–water partition coefficient (Wildman–Crippen LogP) is 3.60. The standard InChI is InChI=1S/C24H22N4O3S/c1-16-5-9-18(10-6-16)28-24(29)21-13-15-27(23-20(22(21)26-28)4-3-14-25-23)32(30,31)19-11-7-17(2)8-12-19/h3-12,14,26H,13,15H2,1-2H3. The van der Waals surface area contributed by atoms with E-state index in [0.29, 0.717) is 22.6 Å². The molecular weight excluding hydrogens is 424 g/mol. The zero-order valence-corrected chi connectivity index (χ0v) is 18.6. The van der Waals surface area contributed by atoms with Gasteiger partial charge in [0, 0.05) is 23.9 Å². The number of aryl methyl sites for hydroxylation is 2. The van der Waals surface area contributed by atoms with Crippen molar-refractivity contribution in [2.45, 2.75) is 25.2 Å². The van der Waals surface area contributed by atoms with Crippen molar-refractivity contribution in [2.24, 2.45) is 0 Å². The lowest BCUT2D eigenvalue weighted by Gasteiger charge is -2.23. The lowest BCUT2D eigenvalue weighted by molar-refractivity contribution is 0.590. The molecule has 0 fully saturated rings. The lowest BCUT2D eigenvalue weighted by Crippen LogP contribution is -2.34. The van der Waals surface area contributed by atoms with Crippen LogP contribution in [-0.4, -0.2) is 29.7 Å². The van der Waals surface area contributed by atoms with Crippen molar-refractivity contribution in [3.63, 3.8) is 0 Å². The summed E-state index contributed by atoms with van der Waals surface area (Å²) >= 11 is 0. The summed E-state index contributed by atoms with van der Waals surface area (Å²) < 4.78 is 29.8. The first-order valence-electron chi connectivity index (χ1n) is 10.3. The van der Waals surface area contributed by atoms with Gasteiger partial charge < -0.3 is 0 Å². The second kappa shape index (κ2) is 7.49. The quantitative estimate of drug-likeness (QED) is 0.521. The van der Waals surface area contributed by atoms with E-state index in [1.807, 2.05) is 38.1 Å². The number of sulfonamides is 1. The van der Waals surface area contributed by atoms with Gasteiger partial charge in [0.25, 0.3) is 15.6 Å². The molecule has 3 heterocycles. The molecule has 0 saturated carbocycles. The number of benzene rings is 2. The third-order valence-corrected chi connectivity index (χ3v) is 7.55. The fraction of sp³-hybridized carbons (Fsp3) is 0.167. The van der Waals surface area contributed by atoms with Gasteiger partial charge in [-0.3, -0.25) is 9.89 Å². The number of nitrogens with one attached hydrogen (secondary N) is 1. The van der Waals surface area contributed by atoms with Crippen LogP contribution in [0, 0.1) is 13.8 Å². The molecular formula is C24H22N4O3S. The Balaban J connectivity index is 1.66. The molecule has 0 unspecified atom stereocenters. The Morgan fingerprint density at radius 1 is 0.938 bits per heavy atom. The molecule has 0 spiro atoms. The van der Waals surface area contributed by atoms with Gasteiger partial charge in [0.2, 0.25) is 0 Å². The van der Waals surface area contributed by atoms with E-state index in [1.165, 1.54) is 8.99 Å². The van der Waals surface area contributed by atoms with Crippen LogP contribution >= 0.6 is 0 Å². The van der Waals surface area contributed by atoms with Crippen molar-refractivity contribution >= 4 is 15.8 Å². The van der Waals surface area contributed by atoms with E-state index in [0.717, 1.165) is 16.8 Å². The number of pyridine rings is 1. The van der Waals surface area contributed by atoms with E-state index in [9.17, 15) is 13.2 Å². The average Bonchev–Trinajstić information content (AvgIpc) is 3.01. The third kappa shape index (κ3) is 3.23. The molecule has 0 amide bonds. The second-order valence-electron chi connectivity index (χ2n) is 7.96. The first kappa shape index (κ1) is 20.3. The highest BCUT2D eigenvalue weighted by molar-refractivity contribution is 7.92. The van der Waals surface area contributed by atoms with E-state index in [2.05, 4.69) is 10.1 Å².